The van der Waals surface area contributed by atoms with Gasteiger partial charge in [-0.3, -0.25) is 4.79 Å². The van der Waals surface area contributed by atoms with E-state index in [1.807, 2.05) is 0 Å². The van der Waals surface area contributed by atoms with Gasteiger partial charge < -0.3 is 14.8 Å². The number of hydrogen-bond acceptors (Lipinski definition) is 4. The molecule has 1 amide bonds. The van der Waals surface area contributed by atoms with Crippen LogP contribution in [0.3, 0.4) is 0 Å². The molecule has 1 aliphatic carbocycles. The monoisotopic (exact) mass is 349 g/mol. The van der Waals surface area contributed by atoms with Crippen molar-refractivity contribution < 1.29 is 23.5 Å². The molecule has 25 heavy (non-hydrogen) atoms. The van der Waals surface area contributed by atoms with Gasteiger partial charge in [-0.2, -0.15) is 0 Å². The Hall–Kier alpha value is -2.37. The van der Waals surface area contributed by atoms with Crippen LogP contribution in [0.15, 0.2) is 24.3 Å². The topological polar surface area (TPSA) is 64.6 Å². The van der Waals surface area contributed by atoms with Crippen molar-refractivity contribution in [3.8, 4) is 5.75 Å². The fourth-order valence-electron chi connectivity index (χ4n) is 2.91. The van der Waals surface area contributed by atoms with Crippen LogP contribution < -0.4 is 10.1 Å². The summed E-state index contributed by atoms with van der Waals surface area (Å²) in [5.41, 5.74) is 0.496. The lowest BCUT2D eigenvalue weighted by Gasteiger charge is -2.29. The van der Waals surface area contributed by atoms with E-state index in [1.54, 1.807) is 6.07 Å². The van der Waals surface area contributed by atoms with Crippen LogP contribution in [-0.4, -0.2) is 31.6 Å². The molecule has 2 rings (SSSR count). The third-order valence-electron chi connectivity index (χ3n) is 4.39. The van der Waals surface area contributed by atoms with Gasteiger partial charge >= 0.3 is 5.97 Å². The number of methoxy groups -OCH3 is 1. The Kier molecular flexibility index (Phi) is 6.98. The van der Waals surface area contributed by atoms with E-state index in [0.717, 1.165) is 25.3 Å². The summed E-state index contributed by atoms with van der Waals surface area (Å²) in [5, 5.41) is 2.91. The third-order valence-corrected chi connectivity index (χ3v) is 4.39. The first-order valence-electron chi connectivity index (χ1n) is 8.47. The van der Waals surface area contributed by atoms with Crippen LogP contribution in [0.25, 0.3) is 6.08 Å². The molecule has 0 heterocycles. The van der Waals surface area contributed by atoms with E-state index in [2.05, 4.69) is 12.2 Å². The van der Waals surface area contributed by atoms with E-state index in [4.69, 9.17) is 9.47 Å². The minimum atomic E-state index is -0.650. The lowest BCUT2D eigenvalue weighted by molar-refractivity contribution is -0.144. The number of nitrogens with one attached hydrogen (secondary N) is 1. The lowest BCUT2D eigenvalue weighted by atomic mass is 9.86. The van der Waals surface area contributed by atoms with Crippen molar-refractivity contribution in [2.45, 2.75) is 38.6 Å². The van der Waals surface area contributed by atoms with Crippen LogP contribution in [0.1, 0.15) is 38.2 Å². The molecule has 0 spiro atoms. The van der Waals surface area contributed by atoms with Crippen LogP contribution in [-0.2, 0) is 14.3 Å². The van der Waals surface area contributed by atoms with Crippen molar-refractivity contribution in [3.05, 3.63) is 35.7 Å². The second-order valence-electron chi connectivity index (χ2n) is 6.27. The first kappa shape index (κ1) is 19.0. The van der Waals surface area contributed by atoms with Crippen LogP contribution in [0.2, 0.25) is 0 Å². The average Bonchev–Trinajstić information content (AvgIpc) is 2.60. The summed E-state index contributed by atoms with van der Waals surface area (Å²) in [5.74, 6) is -0.885. The maximum absolute atomic E-state index is 13.6. The molecular weight excluding hydrogens is 325 g/mol. The summed E-state index contributed by atoms with van der Waals surface area (Å²) < 4.78 is 23.3. The molecule has 0 aromatic heterocycles. The summed E-state index contributed by atoms with van der Waals surface area (Å²) in [6.07, 6.45) is 6.95. The number of carbonyl (C=O) groups excluding carboxylic acids is 2. The molecule has 2 atom stereocenters. The number of hydrogen-bond donors (Lipinski definition) is 1. The predicted molar refractivity (Wildman–Crippen MR) is 92.5 cm³/mol. The van der Waals surface area contributed by atoms with Gasteiger partial charge in [-0.1, -0.05) is 25.8 Å². The van der Waals surface area contributed by atoms with Gasteiger partial charge in [-0.25, -0.2) is 9.18 Å². The molecule has 0 unspecified atom stereocenters. The van der Waals surface area contributed by atoms with Crippen molar-refractivity contribution in [2.24, 2.45) is 5.92 Å². The Morgan fingerprint density at radius 1 is 1.32 bits per heavy atom. The molecule has 6 heteroatoms. The van der Waals surface area contributed by atoms with Gasteiger partial charge in [0.15, 0.2) is 18.2 Å². The number of esters is 1. The maximum atomic E-state index is 13.6. The number of benzene rings is 1. The van der Waals surface area contributed by atoms with Crippen LogP contribution in [0, 0.1) is 11.7 Å². The SMILES string of the molecule is COc1ccc(/C=C/C(=O)OCC(=O)N[C@H]2CCCC[C@H]2C)cc1F. The number of ether oxygens (including phenoxy) is 2. The smallest absolute Gasteiger partial charge is 0.331 e. The van der Waals surface area contributed by atoms with E-state index in [1.165, 1.54) is 31.7 Å². The molecule has 0 saturated heterocycles. The third kappa shape index (κ3) is 5.89. The molecule has 1 aliphatic rings. The predicted octanol–water partition coefficient (Wildman–Crippen LogP) is 3.09. The number of rotatable bonds is 6. The fraction of sp³-hybridized carbons (Fsp3) is 0.474. The second kappa shape index (κ2) is 9.20. The van der Waals surface area contributed by atoms with Crippen molar-refractivity contribution in [1.82, 2.24) is 5.32 Å². The summed E-state index contributed by atoms with van der Waals surface area (Å²) in [4.78, 5) is 23.6. The first-order valence-corrected chi connectivity index (χ1v) is 8.47. The Morgan fingerprint density at radius 3 is 2.76 bits per heavy atom. The molecule has 5 nitrogen and oxygen atoms in total. The summed E-state index contributed by atoms with van der Waals surface area (Å²) >= 11 is 0. The molecule has 1 fully saturated rings. The molecule has 0 bridgehead atoms. The normalized spacial score (nSPS) is 20.3. The molecule has 136 valence electrons. The van der Waals surface area contributed by atoms with Crippen molar-refractivity contribution in [1.29, 1.82) is 0 Å². The summed E-state index contributed by atoms with van der Waals surface area (Å²) in [6.45, 7) is 1.80. The van der Waals surface area contributed by atoms with Gasteiger partial charge in [0.2, 0.25) is 0 Å². The van der Waals surface area contributed by atoms with Gasteiger partial charge in [0.25, 0.3) is 5.91 Å². The van der Waals surface area contributed by atoms with Gasteiger partial charge in [-0.05, 0) is 42.5 Å². The largest absolute Gasteiger partial charge is 0.494 e. The molecular formula is C19H24FNO4. The van der Waals surface area contributed by atoms with Gasteiger partial charge in [-0.15, -0.1) is 0 Å². The van der Waals surface area contributed by atoms with Gasteiger partial charge in [0.1, 0.15) is 0 Å². The lowest BCUT2D eigenvalue weighted by Crippen LogP contribution is -2.42. The zero-order chi connectivity index (χ0) is 18.2. The zero-order valence-electron chi connectivity index (χ0n) is 14.6. The maximum Gasteiger partial charge on any atom is 0.331 e. The molecule has 0 radical (unpaired) electrons. The minimum Gasteiger partial charge on any atom is -0.494 e. The summed E-state index contributed by atoms with van der Waals surface area (Å²) in [6, 6.07) is 4.49. The standard InChI is InChI=1S/C19H24FNO4/c1-13-5-3-4-6-16(13)21-18(22)12-25-19(23)10-8-14-7-9-17(24-2)15(20)11-14/h7-11,13,16H,3-6,12H2,1-2H3,(H,21,22)/b10-8+/t13-,16+/m1/s1. The van der Waals surface area contributed by atoms with E-state index in [9.17, 15) is 14.0 Å². The Morgan fingerprint density at radius 2 is 2.08 bits per heavy atom. The van der Waals surface area contributed by atoms with Crippen molar-refractivity contribution in [2.75, 3.05) is 13.7 Å². The number of halogens is 1. The first-order chi connectivity index (χ1) is 12.0. The molecule has 1 N–H and O–H groups in total. The van der Waals surface area contributed by atoms with Crippen molar-refractivity contribution >= 4 is 18.0 Å². The van der Waals surface area contributed by atoms with Gasteiger partial charge in [0.05, 0.1) is 7.11 Å². The molecule has 1 aromatic rings. The van der Waals surface area contributed by atoms with Crippen LogP contribution in [0.5, 0.6) is 5.75 Å². The number of carbonyl (C=O) groups is 2. The van der Waals surface area contributed by atoms with E-state index >= 15 is 0 Å². The van der Waals surface area contributed by atoms with E-state index < -0.39 is 11.8 Å². The summed E-state index contributed by atoms with van der Waals surface area (Å²) in [7, 11) is 1.38. The highest BCUT2D eigenvalue weighted by Crippen LogP contribution is 2.23. The fourth-order valence-corrected chi connectivity index (χ4v) is 2.91. The average molecular weight is 349 g/mol. The van der Waals surface area contributed by atoms with Gasteiger partial charge in [0, 0.05) is 12.1 Å². The van der Waals surface area contributed by atoms with Crippen LogP contribution in [0.4, 0.5) is 4.39 Å². The zero-order valence-corrected chi connectivity index (χ0v) is 14.6. The highest BCUT2D eigenvalue weighted by atomic mass is 19.1. The molecule has 0 aliphatic heterocycles. The quantitative estimate of drug-likeness (QED) is 0.633. The van der Waals surface area contributed by atoms with E-state index in [-0.39, 0.29) is 24.3 Å². The van der Waals surface area contributed by atoms with E-state index in [0.29, 0.717) is 11.5 Å². The Labute approximate surface area is 147 Å². The highest BCUT2D eigenvalue weighted by Gasteiger charge is 2.22. The second-order valence-corrected chi connectivity index (χ2v) is 6.27. The molecule has 1 aromatic carbocycles. The minimum absolute atomic E-state index is 0.133. The van der Waals surface area contributed by atoms with Crippen LogP contribution >= 0.6 is 0 Å². The molecule has 1 saturated carbocycles. The number of amides is 1. The Bertz CT molecular complexity index is 644. The highest BCUT2D eigenvalue weighted by molar-refractivity contribution is 5.89. The van der Waals surface area contributed by atoms with Crippen molar-refractivity contribution in [3.63, 3.8) is 0 Å². The Balaban J connectivity index is 1.77.